The van der Waals surface area contributed by atoms with Gasteiger partial charge in [0, 0.05) is 5.69 Å². The average molecular weight is 433 g/mol. The number of sulfonamides is 1. The zero-order valence-electron chi connectivity index (χ0n) is 16.6. The number of ether oxygens (including phenoxy) is 1. The lowest BCUT2D eigenvalue weighted by atomic mass is 10.1. The second-order valence-corrected chi connectivity index (χ2v) is 8.05. The van der Waals surface area contributed by atoms with Crippen LogP contribution in [0.1, 0.15) is 5.56 Å². The third-order valence-electron chi connectivity index (χ3n) is 4.23. The van der Waals surface area contributed by atoms with Gasteiger partial charge in [0.15, 0.2) is 0 Å². The minimum Gasteiger partial charge on any atom is -0.495 e. The molecule has 0 fully saturated rings. The lowest BCUT2D eigenvalue weighted by Crippen LogP contribution is -2.16. The smallest absolute Gasteiger partial charge is 0.266 e. The van der Waals surface area contributed by atoms with Gasteiger partial charge in [0.1, 0.15) is 17.4 Å². The first-order valence-corrected chi connectivity index (χ1v) is 10.7. The standard InChI is InChI=1S/C23H19N3O4S/c1-30-22-13-6-5-12-21(22)26-31(28,29)20-11-7-10-19(15-20)25-23(27)18(16-24)14-17-8-3-2-4-9-17/h2-15,26H,1H3,(H,25,27)/b18-14-. The van der Waals surface area contributed by atoms with Gasteiger partial charge in [-0.05, 0) is 42.0 Å². The summed E-state index contributed by atoms with van der Waals surface area (Å²) in [5, 5.41) is 11.9. The molecule has 3 rings (SSSR count). The van der Waals surface area contributed by atoms with Crippen LogP contribution in [0.15, 0.2) is 89.3 Å². The van der Waals surface area contributed by atoms with Crippen LogP contribution >= 0.6 is 0 Å². The predicted octanol–water partition coefficient (Wildman–Crippen LogP) is 4.04. The molecule has 0 aliphatic heterocycles. The topological polar surface area (TPSA) is 108 Å². The molecular weight excluding hydrogens is 414 g/mol. The van der Waals surface area contributed by atoms with E-state index in [0.717, 1.165) is 0 Å². The Hall–Kier alpha value is -4.09. The molecule has 7 nitrogen and oxygen atoms in total. The minimum atomic E-state index is -3.94. The van der Waals surface area contributed by atoms with Gasteiger partial charge in [0.2, 0.25) is 0 Å². The summed E-state index contributed by atoms with van der Waals surface area (Å²) in [4.78, 5) is 12.4. The van der Waals surface area contributed by atoms with Gasteiger partial charge < -0.3 is 10.1 Å². The Morgan fingerprint density at radius 1 is 1.00 bits per heavy atom. The van der Waals surface area contributed by atoms with Gasteiger partial charge in [-0.25, -0.2) is 8.42 Å². The fourth-order valence-electron chi connectivity index (χ4n) is 2.74. The van der Waals surface area contributed by atoms with Crippen molar-refractivity contribution in [2.75, 3.05) is 17.1 Å². The zero-order chi connectivity index (χ0) is 22.3. The summed E-state index contributed by atoms with van der Waals surface area (Å²) in [6.07, 6.45) is 1.46. The molecule has 3 aromatic carbocycles. The van der Waals surface area contributed by atoms with E-state index in [1.807, 2.05) is 12.1 Å². The number of amides is 1. The predicted molar refractivity (Wildman–Crippen MR) is 119 cm³/mol. The second-order valence-electron chi connectivity index (χ2n) is 6.37. The third-order valence-corrected chi connectivity index (χ3v) is 5.59. The van der Waals surface area contributed by atoms with Crippen LogP contribution in [-0.4, -0.2) is 21.4 Å². The summed E-state index contributed by atoms with van der Waals surface area (Å²) in [6, 6.07) is 23.2. The molecule has 0 radical (unpaired) electrons. The molecule has 0 saturated carbocycles. The molecular formula is C23H19N3O4S. The maximum absolute atomic E-state index is 12.8. The number of para-hydroxylation sites is 2. The Morgan fingerprint density at radius 3 is 2.42 bits per heavy atom. The maximum atomic E-state index is 12.8. The average Bonchev–Trinajstić information content (AvgIpc) is 2.78. The van der Waals surface area contributed by atoms with Crippen LogP contribution in [0.25, 0.3) is 6.08 Å². The SMILES string of the molecule is COc1ccccc1NS(=O)(=O)c1cccc(NC(=O)/C(C#N)=C\c2ccccc2)c1. The van der Waals surface area contributed by atoms with Gasteiger partial charge in [-0.3, -0.25) is 9.52 Å². The number of rotatable bonds is 7. The highest BCUT2D eigenvalue weighted by Crippen LogP contribution is 2.27. The molecule has 0 saturated heterocycles. The van der Waals surface area contributed by atoms with Crippen molar-refractivity contribution in [3.05, 3.63) is 90.0 Å². The monoisotopic (exact) mass is 433 g/mol. The Morgan fingerprint density at radius 2 is 1.71 bits per heavy atom. The van der Waals surface area contributed by atoms with Gasteiger partial charge in [-0.2, -0.15) is 5.26 Å². The van der Waals surface area contributed by atoms with Crippen molar-refractivity contribution in [1.82, 2.24) is 0 Å². The molecule has 2 N–H and O–H groups in total. The van der Waals surface area contributed by atoms with Gasteiger partial charge in [-0.15, -0.1) is 0 Å². The number of benzene rings is 3. The molecule has 1 amide bonds. The van der Waals surface area contributed by atoms with Crippen molar-refractivity contribution in [2.24, 2.45) is 0 Å². The molecule has 0 atom stereocenters. The number of carbonyl (C=O) groups excluding carboxylic acids is 1. The summed E-state index contributed by atoms with van der Waals surface area (Å²) in [7, 11) is -2.50. The Bertz CT molecular complexity index is 1260. The molecule has 0 aromatic heterocycles. The van der Waals surface area contributed by atoms with Crippen molar-refractivity contribution in [3.63, 3.8) is 0 Å². The Kier molecular flexibility index (Phi) is 6.70. The van der Waals surface area contributed by atoms with Crippen molar-refractivity contribution in [3.8, 4) is 11.8 Å². The number of anilines is 2. The van der Waals surface area contributed by atoms with E-state index in [9.17, 15) is 18.5 Å². The first-order chi connectivity index (χ1) is 14.9. The van der Waals surface area contributed by atoms with Crippen LogP contribution in [0.4, 0.5) is 11.4 Å². The molecule has 0 bridgehead atoms. The quantitative estimate of drug-likeness (QED) is 0.432. The molecule has 0 aliphatic rings. The Balaban J connectivity index is 1.82. The Labute approximate surface area is 180 Å². The van der Waals surface area contributed by atoms with Gasteiger partial charge in [0.05, 0.1) is 17.7 Å². The molecule has 0 spiro atoms. The van der Waals surface area contributed by atoms with E-state index in [0.29, 0.717) is 11.3 Å². The molecule has 31 heavy (non-hydrogen) atoms. The largest absolute Gasteiger partial charge is 0.495 e. The molecule has 3 aromatic rings. The number of hydrogen-bond donors (Lipinski definition) is 2. The van der Waals surface area contributed by atoms with Crippen molar-refractivity contribution in [1.29, 1.82) is 5.26 Å². The van der Waals surface area contributed by atoms with Crippen LogP contribution < -0.4 is 14.8 Å². The summed E-state index contributed by atoms with van der Waals surface area (Å²) in [6.45, 7) is 0. The van der Waals surface area contributed by atoms with Gasteiger partial charge >= 0.3 is 0 Å². The fraction of sp³-hybridized carbons (Fsp3) is 0.0435. The highest BCUT2D eigenvalue weighted by atomic mass is 32.2. The molecule has 0 aliphatic carbocycles. The summed E-state index contributed by atoms with van der Waals surface area (Å²) >= 11 is 0. The zero-order valence-corrected chi connectivity index (χ0v) is 17.4. The van der Waals surface area contributed by atoms with Crippen LogP contribution in [0.5, 0.6) is 5.75 Å². The number of methoxy groups -OCH3 is 1. The molecule has 8 heteroatoms. The molecule has 156 valence electrons. The van der Waals surface area contributed by atoms with E-state index in [-0.39, 0.29) is 21.8 Å². The molecule has 0 unspecified atom stereocenters. The van der Waals surface area contributed by atoms with E-state index in [1.165, 1.54) is 37.5 Å². The van der Waals surface area contributed by atoms with Crippen LogP contribution in [-0.2, 0) is 14.8 Å². The number of carbonyl (C=O) groups is 1. The lowest BCUT2D eigenvalue weighted by molar-refractivity contribution is -0.112. The third kappa shape index (κ3) is 5.50. The number of nitriles is 1. The van der Waals surface area contributed by atoms with Crippen molar-refractivity contribution < 1.29 is 17.9 Å². The normalized spacial score (nSPS) is 11.3. The summed E-state index contributed by atoms with van der Waals surface area (Å²) < 4.78 is 33.2. The lowest BCUT2D eigenvalue weighted by Gasteiger charge is -2.12. The van der Waals surface area contributed by atoms with E-state index in [4.69, 9.17) is 4.74 Å². The van der Waals surface area contributed by atoms with Crippen LogP contribution in [0, 0.1) is 11.3 Å². The van der Waals surface area contributed by atoms with Crippen molar-refractivity contribution in [2.45, 2.75) is 4.90 Å². The van der Waals surface area contributed by atoms with E-state index >= 15 is 0 Å². The van der Waals surface area contributed by atoms with E-state index in [1.54, 1.807) is 48.5 Å². The number of nitrogens with zero attached hydrogens (tertiary/aromatic N) is 1. The van der Waals surface area contributed by atoms with Crippen molar-refractivity contribution >= 4 is 33.4 Å². The van der Waals surface area contributed by atoms with E-state index < -0.39 is 15.9 Å². The highest BCUT2D eigenvalue weighted by Gasteiger charge is 2.18. The van der Waals surface area contributed by atoms with Crippen LogP contribution in [0.2, 0.25) is 0 Å². The molecule has 0 heterocycles. The first-order valence-electron chi connectivity index (χ1n) is 9.17. The minimum absolute atomic E-state index is 0.0539. The summed E-state index contributed by atoms with van der Waals surface area (Å²) in [5.74, 6) is -0.265. The number of nitrogens with one attached hydrogen (secondary N) is 2. The van der Waals surface area contributed by atoms with Gasteiger partial charge in [-0.1, -0.05) is 48.5 Å². The maximum Gasteiger partial charge on any atom is 0.266 e. The van der Waals surface area contributed by atoms with Gasteiger partial charge in [0.25, 0.3) is 15.9 Å². The van der Waals surface area contributed by atoms with E-state index in [2.05, 4.69) is 10.0 Å². The van der Waals surface area contributed by atoms with Crippen LogP contribution in [0.3, 0.4) is 0 Å². The fourth-order valence-corrected chi connectivity index (χ4v) is 3.85. The second kappa shape index (κ2) is 9.61. The first kappa shape index (κ1) is 21.6. The summed E-state index contributed by atoms with van der Waals surface area (Å²) in [5.41, 5.74) is 1.12. The number of hydrogen-bond acceptors (Lipinski definition) is 5. The highest BCUT2D eigenvalue weighted by molar-refractivity contribution is 7.92.